The first-order chi connectivity index (χ1) is 8.60. The van der Waals surface area contributed by atoms with Crippen LogP contribution in [0.1, 0.15) is 51.0 Å². The average molecular weight is 244 g/mol. The lowest BCUT2D eigenvalue weighted by molar-refractivity contribution is 0.472. The number of nitrogens with zero attached hydrogens (tertiary/aromatic N) is 1. The molecule has 1 heterocycles. The lowest BCUT2D eigenvalue weighted by Crippen LogP contribution is -2.49. The fourth-order valence-electron chi connectivity index (χ4n) is 3.55. The van der Waals surface area contributed by atoms with E-state index in [1.165, 1.54) is 42.6 Å². The second-order valence-electron chi connectivity index (χ2n) is 6.40. The Morgan fingerprint density at radius 3 is 2.61 bits per heavy atom. The smallest absolute Gasteiger partial charge is 0.0600 e. The van der Waals surface area contributed by atoms with E-state index in [4.69, 9.17) is 0 Å². The van der Waals surface area contributed by atoms with Gasteiger partial charge < -0.3 is 10.2 Å². The van der Waals surface area contributed by atoms with Gasteiger partial charge in [-0.2, -0.15) is 0 Å². The number of rotatable bonds is 1. The van der Waals surface area contributed by atoms with Crippen LogP contribution < -0.4 is 10.2 Å². The summed E-state index contributed by atoms with van der Waals surface area (Å²) in [5.41, 5.74) is 4.48. The topological polar surface area (TPSA) is 15.3 Å². The van der Waals surface area contributed by atoms with Crippen molar-refractivity contribution in [3.63, 3.8) is 0 Å². The molecule has 0 aromatic heterocycles. The maximum Gasteiger partial charge on any atom is 0.0600 e. The molecule has 0 saturated heterocycles. The fourth-order valence-corrected chi connectivity index (χ4v) is 3.55. The van der Waals surface area contributed by atoms with Gasteiger partial charge in [-0.3, -0.25) is 0 Å². The van der Waals surface area contributed by atoms with E-state index in [-0.39, 0.29) is 0 Å². The highest BCUT2D eigenvalue weighted by Gasteiger charge is 2.38. The molecular weight excluding hydrogens is 220 g/mol. The number of benzene rings is 1. The molecule has 1 aliphatic carbocycles. The molecule has 2 heteroatoms. The predicted molar refractivity (Wildman–Crippen MR) is 78.6 cm³/mol. The second-order valence-corrected chi connectivity index (χ2v) is 6.40. The monoisotopic (exact) mass is 244 g/mol. The summed E-state index contributed by atoms with van der Waals surface area (Å²) < 4.78 is 0. The van der Waals surface area contributed by atoms with Crippen molar-refractivity contribution in [2.75, 3.05) is 23.8 Å². The van der Waals surface area contributed by atoms with Gasteiger partial charge in [-0.15, -0.1) is 0 Å². The molecule has 0 bridgehead atoms. The SMILES string of the molecule is CC(C)c1ccc2c(c1)NC1(CCCC1)CN2C. The Morgan fingerprint density at radius 1 is 1.22 bits per heavy atom. The molecular formula is C16H24N2. The van der Waals surface area contributed by atoms with Crippen LogP contribution >= 0.6 is 0 Å². The second kappa shape index (κ2) is 4.18. The summed E-state index contributed by atoms with van der Waals surface area (Å²) in [6.45, 7) is 5.68. The number of nitrogens with one attached hydrogen (secondary N) is 1. The minimum absolute atomic E-state index is 0.345. The first-order valence-corrected chi connectivity index (χ1v) is 7.23. The maximum absolute atomic E-state index is 3.86. The van der Waals surface area contributed by atoms with Crippen molar-refractivity contribution in [3.05, 3.63) is 23.8 Å². The quantitative estimate of drug-likeness (QED) is 0.803. The summed E-state index contributed by atoms with van der Waals surface area (Å²) in [5, 5.41) is 3.86. The van der Waals surface area contributed by atoms with Crippen molar-refractivity contribution in [2.24, 2.45) is 0 Å². The van der Waals surface area contributed by atoms with Gasteiger partial charge in [-0.05, 0) is 36.5 Å². The van der Waals surface area contributed by atoms with Gasteiger partial charge in [0.05, 0.1) is 16.9 Å². The van der Waals surface area contributed by atoms with Crippen LogP contribution in [0.5, 0.6) is 0 Å². The largest absolute Gasteiger partial charge is 0.376 e. The molecule has 1 spiro atoms. The zero-order chi connectivity index (χ0) is 12.8. The average Bonchev–Trinajstić information content (AvgIpc) is 2.76. The summed E-state index contributed by atoms with van der Waals surface area (Å²) in [6.07, 6.45) is 5.39. The number of anilines is 2. The number of fused-ring (bicyclic) bond motifs is 1. The summed E-state index contributed by atoms with van der Waals surface area (Å²) >= 11 is 0. The van der Waals surface area contributed by atoms with E-state index in [1.54, 1.807) is 0 Å². The number of hydrogen-bond acceptors (Lipinski definition) is 2. The minimum Gasteiger partial charge on any atom is -0.376 e. The first kappa shape index (κ1) is 11.9. The predicted octanol–water partition coefficient (Wildman–Crippen LogP) is 3.98. The van der Waals surface area contributed by atoms with Gasteiger partial charge in [0.2, 0.25) is 0 Å². The molecule has 2 nitrogen and oxygen atoms in total. The Labute approximate surface area is 110 Å². The van der Waals surface area contributed by atoms with E-state index in [0.29, 0.717) is 11.5 Å². The van der Waals surface area contributed by atoms with Crippen LogP contribution in [0.25, 0.3) is 0 Å². The number of hydrogen-bond donors (Lipinski definition) is 1. The van der Waals surface area contributed by atoms with Gasteiger partial charge in [0, 0.05) is 13.6 Å². The van der Waals surface area contributed by atoms with Gasteiger partial charge >= 0.3 is 0 Å². The molecule has 98 valence electrons. The molecule has 1 N–H and O–H groups in total. The molecule has 0 atom stereocenters. The standard InChI is InChI=1S/C16H24N2/c1-12(2)13-6-7-15-14(10-13)17-16(11-18(15)3)8-4-5-9-16/h6-7,10,12,17H,4-5,8-9,11H2,1-3H3. The highest BCUT2D eigenvalue weighted by molar-refractivity contribution is 5.74. The van der Waals surface area contributed by atoms with Crippen LogP contribution in [0, 0.1) is 0 Å². The molecule has 1 aromatic rings. The summed E-state index contributed by atoms with van der Waals surface area (Å²) in [4.78, 5) is 2.43. The summed E-state index contributed by atoms with van der Waals surface area (Å²) in [7, 11) is 2.23. The molecule has 0 radical (unpaired) electrons. The molecule has 1 saturated carbocycles. The molecule has 1 fully saturated rings. The van der Waals surface area contributed by atoms with Crippen molar-refractivity contribution in [3.8, 4) is 0 Å². The normalized spacial score (nSPS) is 21.2. The number of likely N-dealkylation sites (N-methyl/N-ethyl adjacent to an activating group) is 1. The molecule has 2 aliphatic rings. The fraction of sp³-hybridized carbons (Fsp3) is 0.625. The molecule has 1 aliphatic heterocycles. The minimum atomic E-state index is 0.345. The highest BCUT2D eigenvalue weighted by atomic mass is 15.2. The third-order valence-corrected chi connectivity index (χ3v) is 4.60. The van der Waals surface area contributed by atoms with E-state index in [2.05, 4.69) is 49.3 Å². The molecule has 0 unspecified atom stereocenters. The van der Waals surface area contributed by atoms with Crippen LogP contribution in [-0.2, 0) is 0 Å². The van der Waals surface area contributed by atoms with Gasteiger partial charge in [0.15, 0.2) is 0 Å². The molecule has 18 heavy (non-hydrogen) atoms. The molecule has 3 rings (SSSR count). The highest BCUT2D eigenvalue weighted by Crippen LogP contribution is 2.42. The summed E-state index contributed by atoms with van der Waals surface area (Å²) in [6, 6.07) is 6.91. The third-order valence-electron chi connectivity index (χ3n) is 4.60. The van der Waals surface area contributed by atoms with E-state index >= 15 is 0 Å². The van der Waals surface area contributed by atoms with E-state index in [1.807, 2.05) is 0 Å². The summed E-state index contributed by atoms with van der Waals surface area (Å²) in [5.74, 6) is 0.601. The van der Waals surface area contributed by atoms with Gasteiger partial charge in [-0.1, -0.05) is 32.8 Å². The Morgan fingerprint density at radius 2 is 1.94 bits per heavy atom. The van der Waals surface area contributed by atoms with Crippen molar-refractivity contribution < 1.29 is 0 Å². The zero-order valence-electron chi connectivity index (χ0n) is 11.8. The van der Waals surface area contributed by atoms with Gasteiger partial charge in [0.25, 0.3) is 0 Å². The molecule has 1 aromatic carbocycles. The lowest BCUT2D eigenvalue weighted by atomic mass is 9.92. The van der Waals surface area contributed by atoms with Crippen LogP contribution in [0.3, 0.4) is 0 Å². The van der Waals surface area contributed by atoms with E-state index in [9.17, 15) is 0 Å². The Kier molecular flexibility index (Phi) is 2.76. The Hall–Kier alpha value is -1.18. The van der Waals surface area contributed by atoms with Crippen LogP contribution in [0.4, 0.5) is 11.4 Å². The van der Waals surface area contributed by atoms with Crippen LogP contribution in [-0.4, -0.2) is 19.1 Å². The van der Waals surface area contributed by atoms with Crippen LogP contribution in [0.2, 0.25) is 0 Å². The van der Waals surface area contributed by atoms with Crippen molar-refractivity contribution in [2.45, 2.75) is 51.0 Å². The van der Waals surface area contributed by atoms with Gasteiger partial charge in [0.1, 0.15) is 0 Å². The van der Waals surface area contributed by atoms with E-state index < -0.39 is 0 Å². The van der Waals surface area contributed by atoms with Crippen molar-refractivity contribution in [1.82, 2.24) is 0 Å². The van der Waals surface area contributed by atoms with Crippen molar-refractivity contribution in [1.29, 1.82) is 0 Å². The first-order valence-electron chi connectivity index (χ1n) is 7.23. The Balaban J connectivity index is 1.97. The molecule has 0 amide bonds. The zero-order valence-corrected chi connectivity index (χ0v) is 11.8. The van der Waals surface area contributed by atoms with E-state index in [0.717, 1.165) is 6.54 Å². The van der Waals surface area contributed by atoms with Crippen molar-refractivity contribution >= 4 is 11.4 Å². The maximum atomic E-state index is 3.86. The third kappa shape index (κ3) is 1.88. The Bertz CT molecular complexity index is 444. The van der Waals surface area contributed by atoms with Gasteiger partial charge in [-0.25, -0.2) is 0 Å². The lowest BCUT2D eigenvalue weighted by Gasteiger charge is -2.42. The van der Waals surface area contributed by atoms with Crippen LogP contribution in [0.15, 0.2) is 18.2 Å².